The van der Waals surface area contributed by atoms with Crippen LogP contribution in [0.3, 0.4) is 0 Å². The maximum Gasteiger partial charge on any atom is 0.250 e. The summed E-state index contributed by atoms with van der Waals surface area (Å²) in [7, 11) is 0. The first-order valence-corrected chi connectivity index (χ1v) is 9.35. The van der Waals surface area contributed by atoms with Gasteiger partial charge in [0.2, 0.25) is 17.8 Å². The molecule has 7 nitrogen and oxygen atoms in total. The molecule has 2 aliphatic rings. The van der Waals surface area contributed by atoms with Gasteiger partial charge in [0, 0.05) is 31.1 Å². The van der Waals surface area contributed by atoms with Crippen molar-refractivity contribution in [2.24, 2.45) is 5.10 Å². The lowest BCUT2D eigenvalue weighted by Crippen LogP contribution is -2.25. The molecule has 0 aromatic carbocycles. The van der Waals surface area contributed by atoms with Crippen LogP contribution in [0.1, 0.15) is 30.6 Å². The van der Waals surface area contributed by atoms with Crippen LogP contribution in [0.15, 0.2) is 22.6 Å². The van der Waals surface area contributed by atoms with E-state index in [1.165, 1.54) is 25.7 Å². The summed E-state index contributed by atoms with van der Waals surface area (Å²) in [6, 6.07) is 4.03. The van der Waals surface area contributed by atoms with Crippen LogP contribution in [0, 0.1) is 0 Å². The van der Waals surface area contributed by atoms with Crippen molar-refractivity contribution in [3.05, 3.63) is 22.4 Å². The number of hydrazone groups is 1. The molecule has 2 aromatic heterocycles. The molecule has 2 saturated heterocycles. The van der Waals surface area contributed by atoms with Crippen molar-refractivity contribution in [1.29, 1.82) is 0 Å². The molecule has 4 heterocycles. The van der Waals surface area contributed by atoms with Crippen LogP contribution in [0.2, 0.25) is 0 Å². The maximum absolute atomic E-state index is 4.70. The minimum absolute atomic E-state index is 0.515. The van der Waals surface area contributed by atoms with Gasteiger partial charge in [0.15, 0.2) is 0 Å². The largest absolute Gasteiger partial charge is 0.341 e. The average molecular weight is 343 g/mol. The fourth-order valence-electron chi connectivity index (χ4n) is 3.04. The Balaban J connectivity index is 1.56. The molecule has 0 bridgehead atoms. The van der Waals surface area contributed by atoms with E-state index in [4.69, 9.17) is 4.98 Å². The summed E-state index contributed by atoms with van der Waals surface area (Å²) in [5.41, 5.74) is 2.97. The molecule has 0 amide bonds. The second-order valence-corrected chi connectivity index (χ2v) is 7.01. The molecule has 2 fully saturated rings. The van der Waals surface area contributed by atoms with E-state index < -0.39 is 0 Å². The molecule has 0 saturated carbocycles. The molecule has 126 valence electrons. The Kier molecular flexibility index (Phi) is 4.55. The SMILES string of the molecule is C(=N/Nc1nc(N2CCCC2)nc(N2CCCC2)n1)/c1cccs1. The molecule has 0 aliphatic carbocycles. The minimum Gasteiger partial charge on any atom is -0.341 e. The van der Waals surface area contributed by atoms with Crippen molar-refractivity contribution in [2.75, 3.05) is 41.4 Å². The number of aromatic nitrogens is 3. The molecular formula is C16H21N7S. The average Bonchev–Trinajstić information content (AvgIpc) is 3.35. The summed E-state index contributed by atoms with van der Waals surface area (Å²) < 4.78 is 0. The zero-order valence-corrected chi connectivity index (χ0v) is 14.4. The summed E-state index contributed by atoms with van der Waals surface area (Å²) in [5.74, 6) is 2.04. The maximum atomic E-state index is 4.70. The summed E-state index contributed by atoms with van der Waals surface area (Å²) in [6.45, 7) is 4.06. The van der Waals surface area contributed by atoms with Gasteiger partial charge in [0.1, 0.15) is 0 Å². The van der Waals surface area contributed by atoms with Gasteiger partial charge in [0.25, 0.3) is 0 Å². The minimum atomic E-state index is 0.515. The fourth-order valence-corrected chi connectivity index (χ4v) is 3.62. The van der Waals surface area contributed by atoms with Gasteiger partial charge in [-0.05, 0) is 37.1 Å². The molecule has 8 heteroatoms. The molecule has 1 N–H and O–H groups in total. The van der Waals surface area contributed by atoms with Crippen LogP contribution >= 0.6 is 11.3 Å². The number of nitrogens with one attached hydrogen (secondary N) is 1. The molecule has 0 spiro atoms. The van der Waals surface area contributed by atoms with Crippen LogP contribution < -0.4 is 15.2 Å². The Hall–Kier alpha value is -2.22. The predicted molar refractivity (Wildman–Crippen MR) is 98.3 cm³/mol. The lowest BCUT2D eigenvalue weighted by molar-refractivity contribution is 0.838. The fraction of sp³-hybridized carbons (Fsp3) is 0.500. The Morgan fingerprint density at radius 2 is 1.58 bits per heavy atom. The molecule has 4 rings (SSSR count). The van der Waals surface area contributed by atoms with Crippen LogP contribution in [0.5, 0.6) is 0 Å². The van der Waals surface area contributed by atoms with Crippen LogP contribution in [0.4, 0.5) is 17.8 Å². The zero-order valence-electron chi connectivity index (χ0n) is 13.6. The summed E-state index contributed by atoms with van der Waals surface area (Å²) in [6.07, 6.45) is 6.58. The van der Waals surface area contributed by atoms with Gasteiger partial charge in [0.05, 0.1) is 6.21 Å². The standard InChI is InChI=1S/C16H21N7S/c1-2-8-22(7-1)15-18-14(21-17-12-13-6-5-11-24-13)19-16(20-15)23-9-3-4-10-23/h5-6,11-12H,1-4,7-10H2,(H,18,19,20,21)/b17-12-. The second kappa shape index (κ2) is 7.12. The van der Waals surface area contributed by atoms with Crippen LogP contribution in [0.25, 0.3) is 0 Å². The molecule has 24 heavy (non-hydrogen) atoms. The van der Waals surface area contributed by atoms with E-state index in [-0.39, 0.29) is 0 Å². The topological polar surface area (TPSA) is 69.5 Å². The Labute approximate surface area is 145 Å². The lowest BCUT2D eigenvalue weighted by atomic mass is 10.4. The highest BCUT2D eigenvalue weighted by Crippen LogP contribution is 2.22. The van der Waals surface area contributed by atoms with Gasteiger partial charge >= 0.3 is 0 Å². The lowest BCUT2D eigenvalue weighted by Gasteiger charge is -2.20. The highest BCUT2D eigenvalue weighted by atomic mass is 32.1. The number of hydrogen-bond acceptors (Lipinski definition) is 8. The summed E-state index contributed by atoms with van der Waals surface area (Å²) in [4.78, 5) is 19.4. The quantitative estimate of drug-likeness (QED) is 0.665. The zero-order chi connectivity index (χ0) is 16.2. The monoisotopic (exact) mass is 343 g/mol. The van der Waals surface area contributed by atoms with Gasteiger partial charge in [-0.15, -0.1) is 11.3 Å². The first-order chi connectivity index (χ1) is 11.9. The van der Waals surface area contributed by atoms with Gasteiger partial charge in [-0.2, -0.15) is 20.1 Å². The van der Waals surface area contributed by atoms with E-state index in [0.717, 1.165) is 43.0 Å². The first-order valence-electron chi connectivity index (χ1n) is 8.47. The Bertz CT molecular complexity index is 654. The third-order valence-electron chi connectivity index (χ3n) is 4.29. The van der Waals surface area contributed by atoms with Crippen molar-refractivity contribution >= 4 is 35.4 Å². The van der Waals surface area contributed by atoms with Crippen LogP contribution in [-0.2, 0) is 0 Å². The smallest absolute Gasteiger partial charge is 0.250 e. The Morgan fingerprint density at radius 1 is 0.958 bits per heavy atom. The second-order valence-electron chi connectivity index (χ2n) is 6.03. The van der Waals surface area contributed by atoms with Gasteiger partial charge in [-0.1, -0.05) is 6.07 Å². The number of thiophene rings is 1. The van der Waals surface area contributed by atoms with E-state index in [1.54, 1.807) is 17.6 Å². The molecular weight excluding hydrogens is 322 g/mol. The highest BCUT2D eigenvalue weighted by Gasteiger charge is 2.21. The van der Waals surface area contributed by atoms with E-state index in [0.29, 0.717) is 5.95 Å². The number of nitrogens with zero attached hydrogens (tertiary/aromatic N) is 6. The van der Waals surface area contributed by atoms with Crippen molar-refractivity contribution in [2.45, 2.75) is 25.7 Å². The summed E-state index contributed by atoms with van der Waals surface area (Å²) in [5, 5.41) is 6.29. The first kappa shape index (κ1) is 15.3. The number of rotatable bonds is 5. The molecule has 0 radical (unpaired) electrons. The van der Waals surface area contributed by atoms with Crippen molar-refractivity contribution in [1.82, 2.24) is 15.0 Å². The number of anilines is 3. The van der Waals surface area contributed by atoms with Gasteiger partial charge < -0.3 is 9.80 Å². The van der Waals surface area contributed by atoms with E-state index in [9.17, 15) is 0 Å². The van der Waals surface area contributed by atoms with Crippen molar-refractivity contribution in [3.8, 4) is 0 Å². The Morgan fingerprint density at radius 3 is 2.12 bits per heavy atom. The van der Waals surface area contributed by atoms with Gasteiger partial charge in [-0.3, -0.25) is 0 Å². The van der Waals surface area contributed by atoms with Crippen LogP contribution in [-0.4, -0.2) is 47.3 Å². The summed E-state index contributed by atoms with van der Waals surface area (Å²) >= 11 is 1.65. The molecule has 2 aliphatic heterocycles. The third-order valence-corrected chi connectivity index (χ3v) is 5.10. The molecule has 0 unspecified atom stereocenters. The van der Waals surface area contributed by atoms with Crippen molar-refractivity contribution in [3.63, 3.8) is 0 Å². The highest BCUT2D eigenvalue weighted by molar-refractivity contribution is 7.11. The normalized spacial score (nSPS) is 18.0. The number of hydrogen-bond donors (Lipinski definition) is 1. The van der Waals surface area contributed by atoms with E-state index in [2.05, 4.69) is 30.3 Å². The predicted octanol–water partition coefficient (Wildman–Crippen LogP) is 2.58. The van der Waals surface area contributed by atoms with E-state index >= 15 is 0 Å². The molecule has 0 atom stereocenters. The van der Waals surface area contributed by atoms with Gasteiger partial charge in [-0.25, -0.2) is 5.43 Å². The molecule has 2 aromatic rings. The van der Waals surface area contributed by atoms with Crippen molar-refractivity contribution < 1.29 is 0 Å². The third kappa shape index (κ3) is 3.48. The van der Waals surface area contributed by atoms with E-state index in [1.807, 2.05) is 17.5 Å².